The van der Waals surface area contributed by atoms with Crippen LogP contribution in [0.4, 0.5) is 7.77 Å². The van der Waals surface area contributed by atoms with E-state index in [1.807, 2.05) is 0 Å². The molecule has 0 saturated carbocycles. The summed E-state index contributed by atoms with van der Waals surface area (Å²) >= 11 is -1.25. The van der Waals surface area contributed by atoms with Crippen LogP contribution in [0.2, 0.25) is 0 Å². The Morgan fingerprint density at radius 2 is 1.25 bits per heavy atom. The molecule has 0 spiro atoms. The maximum absolute atomic E-state index is 9.54. The summed E-state index contributed by atoms with van der Waals surface area (Å²) in [6, 6.07) is 0. The number of halogens is 2. The van der Waals surface area contributed by atoms with Crippen molar-refractivity contribution in [3.05, 3.63) is 0 Å². The second-order valence-corrected chi connectivity index (χ2v) is 0.175. The van der Waals surface area contributed by atoms with Crippen LogP contribution in [0.3, 0.4) is 0 Å². The first-order valence-electron chi connectivity index (χ1n) is 0.309. The second-order valence-electron chi connectivity index (χ2n) is 0.0583. The van der Waals surface area contributed by atoms with Crippen molar-refractivity contribution in [1.82, 2.24) is 0 Å². The first-order chi connectivity index (χ1) is 1.41. The molecule has 0 unspecified atom stereocenters. The van der Waals surface area contributed by atoms with Crippen LogP contribution in [0, 0.1) is 37.7 Å². The van der Waals surface area contributed by atoms with Gasteiger partial charge in [-0.2, -0.15) is 0 Å². The Balaban J connectivity index is 0. The van der Waals surface area contributed by atoms with Crippen LogP contribution >= 0.6 is 12.5 Å². The SMILES string of the molecule is FSF.[Ar]. The third-order valence-corrected chi connectivity index (χ3v) is 0. The van der Waals surface area contributed by atoms with Crippen molar-refractivity contribution < 1.29 is 45.5 Å². The predicted molar refractivity (Wildman–Crippen MR) is 9.81 cm³/mol. The van der Waals surface area contributed by atoms with E-state index in [0.29, 0.717) is 0 Å². The van der Waals surface area contributed by atoms with E-state index in [1.165, 1.54) is 0 Å². The molecule has 0 aliphatic heterocycles. The third kappa shape index (κ3) is 9.80. The molecule has 0 aromatic heterocycles. The topological polar surface area (TPSA) is 0 Å². The summed E-state index contributed by atoms with van der Waals surface area (Å²) in [5.74, 6) is 0. The second kappa shape index (κ2) is 8.82. The van der Waals surface area contributed by atoms with Gasteiger partial charge in [0.05, 0.1) is 0 Å². The summed E-state index contributed by atoms with van der Waals surface area (Å²) in [6.07, 6.45) is 0. The summed E-state index contributed by atoms with van der Waals surface area (Å²) in [6.45, 7) is 0. The molecule has 0 nitrogen and oxygen atoms in total. The van der Waals surface area contributed by atoms with Gasteiger partial charge in [0.15, 0.2) is 0 Å². The van der Waals surface area contributed by atoms with Crippen LogP contribution in [0.25, 0.3) is 0 Å². The molecule has 0 rings (SSSR count). The minimum atomic E-state index is -1.25. The van der Waals surface area contributed by atoms with Gasteiger partial charge >= 0.3 is 0 Å². The van der Waals surface area contributed by atoms with E-state index in [2.05, 4.69) is 0 Å². The van der Waals surface area contributed by atoms with Gasteiger partial charge in [-0.1, -0.05) is 0 Å². The molecule has 4 heteroatoms. The molecule has 0 aliphatic carbocycles. The Kier molecular flexibility index (Phi) is 20.0. The molecule has 0 amide bonds. The zero-order valence-corrected chi connectivity index (χ0v) is 3.04. The molecule has 0 atom stereocenters. The average Bonchev–Trinajstić information content (AvgIpc) is 0.918. The number of hydrogen-bond acceptors (Lipinski definition) is 1. The molecule has 28 valence electrons. The summed E-state index contributed by atoms with van der Waals surface area (Å²) in [5.41, 5.74) is 0. The summed E-state index contributed by atoms with van der Waals surface area (Å²) in [5, 5.41) is 0. The average molecular weight is 110 g/mol. The molecular weight excluding hydrogens is 110 g/mol. The molecule has 0 fully saturated rings. The van der Waals surface area contributed by atoms with E-state index < -0.39 is 12.5 Å². The monoisotopic (exact) mass is 110 g/mol. The number of hydrogen-bond donors (Lipinski definition) is 0. The molecule has 0 heterocycles. The van der Waals surface area contributed by atoms with E-state index in [0.717, 1.165) is 0 Å². The quantitative estimate of drug-likeness (QED) is 0.455. The Bertz CT molecular complexity index is 6.00. The Hall–Kier alpha value is 1.47. The summed E-state index contributed by atoms with van der Waals surface area (Å²) < 4.78 is 19.1. The maximum Gasteiger partial charge on any atom is 0.255 e. The molecular formula is ArF2S. The van der Waals surface area contributed by atoms with E-state index in [-0.39, 0.29) is 37.7 Å². The predicted octanol–water partition coefficient (Wildman–Crippen LogP) is 1.49. The van der Waals surface area contributed by atoms with Crippen LogP contribution in [-0.2, 0) is 0 Å². The van der Waals surface area contributed by atoms with Gasteiger partial charge in [-0.05, 0) is 0 Å². The Morgan fingerprint density at radius 3 is 1.25 bits per heavy atom. The fraction of sp³-hybridized carbons (Fsp3) is 0. The molecule has 0 bridgehead atoms. The molecule has 4 heavy (non-hydrogen) atoms. The van der Waals surface area contributed by atoms with Crippen molar-refractivity contribution in [2.24, 2.45) is 0 Å². The molecule has 0 aromatic carbocycles. The largest absolute Gasteiger partial charge is 0.255 e. The van der Waals surface area contributed by atoms with Gasteiger partial charge in [-0.3, -0.25) is 0 Å². The molecule has 0 saturated heterocycles. The van der Waals surface area contributed by atoms with Crippen LogP contribution in [0.1, 0.15) is 0 Å². The molecule has 0 aromatic rings. The van der Waals surface area contributed by atoms with Gasteiger partial charge in [0.25, 0.3) is 12.5 Å². The first-order valence-corrected chi connectivity index (χ1v) is 0.926. The van der Waals surface area contributed by atoms with Crippen molar-refractivity contribution in [2.45, 2.75) is 0 Å². The van der Waals surface area contributed by atoms with Crippen molar-refractivity contribution >= 4 is 12.5 Å². The number of rotatable bonds is 0. The van der Waals surface area contributed by atoms with E-state index >= 15 is 0 Å². The smallest absolute Gasteiger partial charge is 0.127 e. The van der Waals surface area contributed by atoms with Crippen molar-refractivity contribution in [3.63, 3.8) is 0 Å². The third-order valence-electron chi connectivity index (χ3n) is 0. The molecule has 0 aliphatic rings. The van der Waals surface area contributed by atoms with E-state index in [1.54, 1.807) is 0 Å². The van der Waals surface area contributed by atoms with Gasteiger partial charge in [0.2, 0.25) is 0 Å². The Morgan fingerprint density at radius 1 is 1.25 bits per heavy atom. The molecule has 0 N–H and O–H groups in total. The zero-order chi connectivity index (χ0) is 2.71. The van der Waals surface area contributed by atoms with Crippen LogP contribution < -0.4 is 0 Å². The van der Waals surface area contributed by atoms with Crippen molar-refractivity contribution in [1.29, 1.82) is 0 Å². The zero-order valence-electron chi connectivity index (χ0n) is 1.52. The van der Waals surface area contributed by atoms with Crippen LogP contribution in [0.15, 0.2) is 0 Å². The summed E-state index contributed by atoms with van der Waals surface area (Å²) in [4.78, 5) is 0. The Labute approximate surface area is 57.5 Å². The van der Waals surface area contributed by atoms with Crippen molar-refractivity contribution in [3.8, 4) is 0 Å². The van der Waals surface area contributed by atoms with E-state index in [4.69, 9.17) is 0 Å². The van der Waals surface area contributed by atoms with Gasteiger partial charge in [0.1, 0.15) is 0 Å². The van der Waals surface area contributed by atoms with Gasteiger partial charge < -0.3 is 0 Å². The first kappa shape index (κ1) is 9.08. The van der Waals surface area contributed by atoms with E-state index in [9.17, 15) is 7.77 Å². The fourth-order valence-corrected chi connectivity index (χ4v) is 0. The fourth-order valence-electron chi connectivity index (χ4n) is 0. The summed E-state index contributed by atoms with van der Waals surface area (Å²) in [7, 11) is 0. The van der Waals surface area contributed by atoms with Crippen molar-refractivity contribution in [2.75, 3.05) is 0 Å². The van der Waals surface area contributed by atoms with Crippen LogP contribution in [-0.4, -0.2) is 0 Å². The maximum atomic E-state index is 9.54. The molecule has 0 radical (unpaired) electrons. The normalized spacial score (nSPS) is 4.50. The van der Waals surface area contributed by atoms with Gasteiger partial charge in [0, 0.05) is 37.7 Å². The van der Waals surface area contributed by atoms with Gasteiger partial charge in [-0.15, -0.1) is 7.77 Å². The van der Waals surface area contributed by atoms with Crippen LogP contribution in [0.5, 0.6) is 0 Å². The van der Waals surface area contributed by atoms with Gasteiger partial charge in [-0.25, -0.2) is 0 Å². The standard InChI is InChI=1S/Ar.F2S/c;1-3-2. The minimum Gasteiger partial charge on any atom is -0.127 e. The minimum absolute atomic E-state index is 0.